The van der Waals surface area contributed by atoms with E-state index in [9.17, 15) is 0 Å². The van der Waals surface area contributed by atoms with E-state index in [1.54, 1.807) is 0 Å². The maximum absolute atomic E-state index is 5.84. The number of hydrogen-bond donors (Lipinski definition) is 2. The third-order valence-electron chi connectivity index (χ3n) is 4.59. The summed E-state index contributed by atoms with van der Waals surface area (Å²) in [5.41, 5.74) is 1.15. The second-order valence-electron chi connectivity index (χ2n) is 6.65. The second kappa shape index (κ2) is 11.3. The van der Waals surface area contributed by atoms with Gasteiger partial charge in [-0.2, -0.15) is 0 Å². The van der Waals surface area contributed by atoms with Crippen molar-refractivity contribution < 1.29 is 4.74 Å². The SMILES string of the molecule is CCCCCCOc1cccc(NCCNC2CCCCC2)c1. The van der Waals surface area contributed by atoms with E-state index in [1.165, 1.54) is 51.4 Å². The van der Waals surface area contributed by atoms with E-state index in [0.29, 0.717) is 0 Å². The summed E-state index contributed by atoms with van der Waals surface area (Å²) >= 11 is 0. The highest BCUT2D eigenvalue weighted by Gasteiger charge is 2.11. The summed E-state index contributed by atoms with van der Waals surface area (Å²) in [5, 5.41) is 7.16. The van der Waals surface area contributed by atoms with Crippen molar-refractivity contribution in [2.45, 2.75) is 70.8 Å². The van der Waals surface area contributed by atoms with Crippen LogP contribution in [0.15, 0.2) is 24.3 Å². The van der Waals surface area contributed by atoms with E-state index in [1.807, 2.05) is 6.07 Å². The highest BCUT2D eigenvalue weighted by molar-refractivity contribution is 5.48. The normalized spacial score (nSPS) is 15.5. The number of hydrogen-bond acceptors (Lipinski definition) is 3. The van der Waals surface area contributed by atoms with Crippen molar-refractivity contribution in [3.63, 3.8) is 0 Å². The molecule has 2 N–H and O–H groups in total. The van der Waals surface area contributed by atoms with Crippen LogP contribution in [-0.2, 0) is 0 Å². The summed E-state index contributed by atoms with van der Waals surface area (Å²) < 4.78 is 5.84. The minimum Gasteiger partial charge on any atom is -0.494 e. The Morgan fingerprint density at radius 1 is 1.04 bits per heavy atom. The van der Waals surface area contributed by atoms with Crippen molar-refractivity contribution in [1.82, 2.24) is 5.32 Å². The molecule has 23 heavy (non-hydrogen) atoms. The van der Waals surface area contributed by atoms with E-state index in [4.69, 9.17) is 4.74 Å². The van der Waals surface area contributed by atoms with Crippen molar-refractivity contribution in [2.24, 2.45) is 0 Å². The zero-order valence-corrected chi connectivity index (χ0v) is 14.8. The van der Waals surface area contributed by atoms with Crippen LogP contribution in [0.5, 0.6) is 5.75 Å². The van der Waals surface area contributed by atoms with Gasteiger partial charge in [0.25, 0.3) is 0 Å². The Bertz CT molecular complexity index is 416. The predicted molar refractivity (Wildman–Crippen MR) is 99.4 cm³/mol. The van der Waals surface area contributed by atoms with Gasteiger partial charge in [-0.05, 0) is 31.4 Å². The number of nitrogens with one attached hydrogen (secondary N) is 2. The molecule has 1 aliphatic rings. The van der Waals surface area contributed by atoms with Crippen LogP contribution in [-0.4, -0.2) is 25.7 Å². The highest BCUT2D eigenvalue weighted by Crippen LogP contribution is 2.18. The summed E-state index contributed by atoms with van der Waals surface area (Å²) in [6.07, 6.45) is 11.9. The molecule has 1 aliphatic carbocycles. The molecular weight excluding hydrogens is 284 g/mol. The van der Waals surface area contributed by atoms with Crippen LogP contribution in [0.3, 0.4) is 0 Å². The fourth-order valence-corrected chi connectivity index (χ4v) is 3.20. The zero-order valence-electron chi connectivity index (χ0n) is 14.8. The molecule has 1 fully saturated rings. The summed E-state index contributed by atoms with van der Waals surface area (Å²) in [6, 6.07) is 9.08. The Kier molecular flexibility index (Phi) is 8.93. The first-order valence-corrected chi connectivity index (χ1v) is 9.58. The van der Waals surface area contributed by atoms with Gasteiger partial charge in [-0.1, -0.05) is 51.5 Å². The Balaban J connectivity index is 1.60. The van der Waals surface area contributed by atoms with E-state index < -0.39 is 0 Å². The van der Waals surface area contributed by atoms with E-state index in [2.05, 4.69) is 35.8 Å². The van der Waals surface area contributed by atoms with Gasteiger partial charge in [0, 0.05) is 30.9 Å². The van der Waals surface area contributed by atoms with Crippen LogP contribution >= 0.6 is 0 Å². The molecule has 0 unspecified atom stereocenters. The first kappa shape index (κ1) is 18.1. The lowest BCUT2D eigenvalue weighted by molar-refractivity contribution is 0.305. The van der Waals surface area contributed by atoms with Crippen molar-refractivity contribution in [2.75, 3.05) is 25.0 Å². The van der Waals surface area contributed by atoms with E-state index >= 15 is 0 Å². The molecule has 0 atom stereocenters. The third-order valence-corrected chi connectivity index (χ3v) is 4.59. The predicted octanol–water partition coefficient (Wildman–Crippen LogP) is 4.98. The molecule has 0 amide bonds. The molecule has 0 spiro atoms. The topological polar surface area (TPSA) is 33.3 Å². The van der Waals surface area contributed by atoms with Gasteiger partial charge in [-0.25, -0.2) is 0 Å². The van der Waals surface area contributed by atoms with Crippen LogP contribution < -0.4 is 15.4 Å². The minimum atomic E-state index is 0.739. The van der Waals surface area contributed by atoms with Crippen LogP contribution in [0.2, 0.25) is 0 Å². The first-order valence-electron chi connectivity index (χ1n) is 9.58. The summed E-state index contributed by atoms with van der Waals surface area (Å²) in [6.45, 7) is 5.06. The fraction of sp³-hybridized carbons (Fsp3) is 0.700. The lowest BCUT2D eigenvalue weighted by Gasteiger charge is -2.23. The lowest BCUT2D eigenvalue weighted by Crippen LogP contribution is -2.34. The molecule has 3 heteroatoms. The van der Waals surface area contributed by atoms with Crippen LogP contribution in [0.25, 0.3) is 0 Å². The van der Waals surface area contributed by atoms with Crippen molar-refractivity contribution >= 4 is 5.69 Å². The van der Waals surface area contributed by atoms with Gasteiger partial charge < -0.3 is 15.4 Å². The molecule has 3 nitrogen and oxygen atoms in total. The Morgan fingerprint density at radius 3 is 2.74 bits per heavy atom. The average molecular weight is 319 g/mol. The molecule has 1 aromatic rings. The second-order valence-corrected chi connectivity index (χ2v) is 6.65. The quantitative estimate of drug-likeness (QED) is 0.565. The molecule has 0 saturated heterocycles. The highest BCUT2D eigenvalue weighted by atomic mass is 16.5. The molecule has 0 bridgehead atoms. The molecule has 0 heterocycles. The molecule has 130 valence electrons. The number of benzene rings is 1. The molecule has 1 aromatic carbocycles. The maximum Gasteiger partial charge on any atom is 0.121 e. The number of rotatable bonds is 11. The largest absolute Gasteiger partial charge is 0.494 e. The maximum atomic E-state index is 5.84. The zero-order chi connectivity index (χ0) is 16.2. The van der Waals surface area contributed by atoms with Gasteiger partial charge in [0.2, 0.25) is 0 Å². The van der Waals surface area contributed by atoms with Gasteiger partial charge in [-0.3, -0.25) is 0 Å². The van der Waals surface area contributed by atoms with Gasteiger partial charge in [-0.15, -0.1) is 0 Å². The van der Waals surface area contributed by atoms with Crippen molar-refractivity contribution in [3.8, 4) is 5.75 Å². The number of unbranched alkanes of at least 4 members (excludes halogenated alkanes) is 3. The van der Waals surface area contributed by atoms with Gasteiger partial charge in [0.15, 0.2) is 0 Å². The van der Waals surface area contributed by atoms with Crippen molar-refractivity contribution in [1.29, 1.82) is 0 Å². The average Bonchev–Trinajstić information content (AvgIpc) is 2.60. The van der Waals surface area contributed by atoms with Crippen LogP contribution in [0.4, 0.5) is 5.69 Å². The lowest BCUT2D eigenvalue weighted by atomic mass is 9.95. The summed E-state index contributed by atoms with van der Waals surface area (Å²) in [5.74, 6) is 0.978. The standard InChI is InChI=1S/C20H34N2O/c1-2-3-4-8-16-23-20-13-9-12-19(17-20)22-15-14-21-18-10-6-5-7-11-18/h9,12-13,17-18,21-22H,2-8,10-11,14-16H2,1H3. The Hall–Kier alpha value is -1.22. The third kappa shape index (κ3) is 7.74. The molecule has 2 rings (SSSR count). The van der Waals surface area contributed by atoms with E-state index in [-0.39, 0.29) is 0 Å². The monoisotopic (exact) mass is 318 g/mol. The molecule has 1 saturated carbocycles. The molecule has 0 aromatic heterocycles. The molecular formula is C20H34N2O. The fourth-order valence-electron chi connectivity index (χ4n) is 3.20. The van der Waals surface area contributed by atoms with Gasteiger partial charge in [0.1, 0.15) is 5.75 Å². The Labute approximate surface area is 142 Å². The van der Waals surface area contributed by atoms with Gasteiger partial charge in [0.05, 0.1) is 6.61 Å². The van der Waals surface area contributed by atoms with Crippen molar-refractivity contribution in [3.05, 3.63) is 24.3 Å². The summed E-state index contributed by atoms with van der Waals surface area (Å²) in [7, 11) is 0. The number of anilines is 1. The first-order chi connectivity index (χ1) is 11.4. The van der Waals surface area contributed by atoms with Crippen LogP contribution in [0.1, 0.15) is 64.7 Å². The minimum absolute atomic E-state index is 0.739. The molecule has 0 aliphatic heterocycles. The molecule has 0 radical (unpaired) electrons. The van der Waals surface area contributed by atoms with Crippen LogP contribution in [0, 0.1) is 0 Å². The number of ether oxygens (including phenoxy) is 1. The Morgan fingerprint density at radius 2 is 1.91 bits per heavy atom. The summed E-state index contributed by atoms with van der Waals surface area (Å²) in [4.78, 5) is 0. The van der Waals surface area contributed by atoms with E-state index in [0.717, 1.165) is 43.6 Å². The smallest absolute Gasteiger partial charge is 0.121 e. The van der Waals surface area contributed by atoms with Gasteiger partial charge >= 0.3 is 0 Å².